The standard InChI is InChI=1S/C13H21N3O2S2/c1-13(2,3)20(18)7-6-14-11(17)10-8-19-12(16-10)15-9-4-5-9/h8-9H,4-7H2,1-3H3,(H,14,17)(H,15,16)/t20-/m1/s1. The summed E-state index contributed by atoms with van der Waals surface area (Å²) in [7, 11) is -0.949. The second-order valence-corrected chi connectivity index (χ2v) is 9.06. The number of rotatable bonds is 6. The third-order valence-electron chi connectivity index (χ3n) is 2.90. The summed E-state index contributed by atoms with van der Waals surface area (Å²) in [4.78, 5) is 16.2. The van der Waals surface area contributed by atoms with Gasteiger partial charge >= 0.3 is 0 Å². The van der Waals surface area contributed by atoms with E-state index < -0.39 is 10.8 Å². The Morgan fingerprint density at radius 1 is 1.50 bits per heavy atom. The molecule has 1 amide bonds. The van der Waals surface area contributed by atoms with Crippen LogP contribution in [0.4, 0.5) is 5.13 Å². The summed E-state index contributed by atoms with van der Waals surface area (Å²) in [5, 5.41) is 8.59. The number of carbonyl (C=O) groups excluding carboxylic acids is 1. The molecule has 0 saturated heterocycles. The zero-order chi connectivity index (χ0) is 14.8. The van der Waals surface area contributed by atoms with Gasteiger partial charge in [0.2, 0.25) is 0 Å². The van der Waals surface area contributed by atoms with E-state index in [0.29, 0.717) is 24.0 Å². The van der Waals surface area contributed by atoms with Gasteiger partial charge in [0.15, 0.2) is 5.13 Å². The number of carbonyl (C=O) groups is 1. The van der Waals surface area contributed by atoms with Crippen LogP contribution < -0.4 is 10.6 Å². The van der Waals surface area contributed by atoms with Gasteiger partial charge in [0.25, 0.3) is 5.91 Å². The maximum Gasteiger partial charge on any atom is 0.270 e. The van der Waals surface area contributed by atoms with Crippen molar-refractivity contribution in [1.82, 2.24) is 10.3 Å². The van der Waals surface area contributed by atoms with Crippen LogP contribution >= 0.6 is 11.3 Å². The number of amides is 1. The summed E-state index contributed by atoms with van der Waals surface area (Å²) in [6.45, 7) is 6.20. The van der Waals surface area contributed by atoms with Gasteiger partial charge < -0.3 is 10.6 Å². The second kappa shape index (κ2) is 6.22. The van der Waals surface area contributed by atoms with Crippen molar-refractivity contribution < 1.29 is 9.00 Å². The van der Waals surface area contributed by atoms with Crippen molar-refractivity contribution in [1.29, 1.82) is 0 Å². The van der Waals surface area contributed by atoms with Crippen LogP contribution in [-0.2, 0) is 10.8 Å². The Kier molecular flexibility index (Phi) is 4.80. The predicted octanol–water partition coefficient (Wildman–Crippen LogP) is 1.99. The molecule has 112 valence electrons. The molecule has 2 N–H and O–H groups in total. The molecule has 20 heavy (non-hydrogen) atoms. The summed E-state index contributed by atoms with van der Waals surface area (Å²) < 4.78 is 11.6. The fraction of sp³-hybridized carbons (Fsp3) is 0.692. The Morgan fingerprint density at radius 3 is 2.80 bits per heavy atom. The van der Waals surface area contributed by atoms with Crippen molar-refractivity contribution in [2.24, 2.45) is 0 Å². The monoisotopic (exact) mass is 315 g/mol. The zero-order valence-electron chi connectivity index (χ0n) is 12.1. The molecule has 0 aromatic carbocycles. The first-order valence-corrected chi connectivity index (χ1v) is 8.95. The van der Waals surface area contributed by atoms with E-state index in [-0.39, 0.29) is 10.7 Å². The molecule has 0 bridgehead atoms. The third-order valence-corrected chi connectivity index (χ3v) is 5.61. The van der Waals surface area contributed by atoms with E-state index in [0.717, 1.165) is 5.13 Å². The molecule has 0 spiro atoms. The summed E-state index contributed by atoms with van der Waals surface area (Å²) in [5.74, 6) is 0.267. The predicted molar refractivity (Wildman–Crippen MR) is 83.9 cm³/mol. The number of aromatic nitrogens is 1. The number of thiazole rings is 1. The highest BCUT2D eigenvalue weighted by molar-refractivity contribution is 7.86. The molecule has 5 nitrogen and oxygen atoms in total. The molecule has 1 aromatic heterocycles. The van der Waals surface area contributed by atoms with Crippen molar-refractivity contribution >= 4 is 33.2 Å². The molecule has 0 aliphatic heterocycles. The van der Waals surface area contributed by atoms with E-state index in [1.165, 1.54) is 24.2 Å². The molecule has 0 unspecified atom stereocenters. The molecule has 1 fully saturated rings. The van der Waals surface area contributed by atoms with Crippen LogP contribution in [0.5, 0.6) is 0 Å². The van der Waals surface area contributed by atoms with Crippen LogP contribution in [0.1, 0.15) is 44.1 Å². The molecule has 0 radical (unpaired) electrons. The minimum atomic E-state index is -0.949. The average molecular weight is 315 g/mol. The van der Waals surface area contributed by atoms with E-state index in [1.807, 2.05) is 20.8 Å². The quantitative estimate of drug-likeness (QED) is 0.842. The number of anilines is 1. The van der Waals surface area contributed by atoms with Crippen molar-refractivity contribution in [3.63, 3.8) is 0 Å². The van der Waals surface area contributed by atoms with Crippen LogP contribution in [0.15, 0.2) is 5.38 Å². The lowest BCUT2D eigenvalue weighted by Crippen LogP contribution is -2.32. The lowest BCUT2D eigenvalue weighted by Gasteiger charge is -2.17. The summed E-state index contributed by atoms with van der Waals surface area (Å²) in [6, 6.07) is 0.534. The van der Waals surface area contributed by atoms with Crippen molar-refractivity contribution in [3.05, 3.63) is 11.1 Å². The third kappa shape index (κ3) is 4.56. The van der Waals surface area contributed by atoms with E-state index in [1.54, 1.807) is 5.38 Å². The van der Waals surface area contributed by atoms with Gasteiger partial charge in [-0.25, -0.2) is 4.98 Å². The summed E-state index contributed by atoms with van der Waals surface area (Å²) in [6.07, 6.45) is 2.36. The average Bonchev–Trinajstić information content (AvgIpc) is 3.03. The molecular formula is C13H21N3O2S2. The van der Waals surface area contributed by atoms with E-state index in [2.05, 4.69) is 15.6 Å². The smallest absolute Gasteiger partial charge is 0.270 e. The Balaban J connectivity index is 1.76. The van der Waals surface area contributed by atoms with Gasteiger partial charge in [-0.2, -0.15) is 0 Å². The first-order chi connectivity index (χ1) is 9.36. The van der Waals surface area contributed by atoms with E-state index in [4.69, 9.17) is 0 Å². The van der Waals surface area contributed by atoms with Gasteiger partial charge in [-0.15, -0.1) is 11.3 Å². The minimum Gasteiger partial charge on any atom is -0.359 e. The maximum absolute atomic E-state index is 11.9. The molecule has 2 rings (SSSR count). The molecule has 7 heteroatoms. The highest BCUT2D eigenvalue weighted by Gasteiger charge is 2.23. The maximum atomic E-state index is 11.9. The largest absolute Gasteiger partial charge is 0.359 e. The van der Waals surface area contributed by atoms with Crippen LogP contribution in [0.2, 0.25) is 0 Å². The van der Waals surface area contributed by atoms with Gasteiger partial charge in [0.1, 0.15) is 5.69 Å². The Hall–Kier alpha value is -0.950. The van der Waals surface area contributed by atoms with Gasteiger partial charge in [-0.1, -0.05) is 0 Å². The topological polar surface area (TPSA) is 71.1 Å². The SMILES string of the molecule is CC(C)(C)[S@](=O)CCNC(=O)c1csc(NC2CC2)n1. The van der Waals surface area contributed by atoms with Crippen LogP contribution in [0.3, 0.4) is 0 Å². The van der Waals surface area contributed by atoms with Gasteiger partial charge in [0, 0.05) is 39.3 Å². The van der Waals surface area contributed by atoms with Crippen LogP contribution in [-0.4, -0.2) is 38.2 Å². The Labute approximate surface area is 126 Å². The number of hydrogen-bond acceptors (Lipinski definition) is 5. The van der Waals surface area contributed by atoms with Crippen molar-refractivity contribution in [2.45, 2.75) is 44.4 Å². The molecule has 1 saturated carbocycles. The number of hydrogen-bond donors (Lipinski definition) is 2. The zero-order valence-corrected chi connectivity index (χ0v) is 13.7. The summed E-state index contributed by atoms with van der Waals surface area (Å²) >= 11 is 1.45. The molecule has 1 aliphatic rings. The Bertz CT molecular complexity index is 504. The molecule has 1 aliphatic carbocycles. The van der Waals surface area contributed by atoms with E-state index >= 15 is 0 Å². The van der Waals surface area contributed by atoms with Gasteiger partial charge in [-0.3, -0.25) is 9.00 Å². The van der Waals surface area contributed by atoms with Crippen LogP contribution in [0.25, 0.3) is 0 Å². The van der Waals surface area contributed by atoms with Gasteiger partial charge in [0.05, 0.1) is 0 Å². The van der Waals surface area contributed by atoms with Crippen molar-refractivity contribution in [3.8, 4) is 0 Å². The normalized spacial score (nSPS) is 16.8. The molecule has 1 heterocycles. The van der Waals surface area contributed by atoms with Crippen molar-refractivity contribution in [2.75, 3.05) is 17.6 Å². The lowest BCUT2D eigenvalue weighted by atomic mass is 10.3. The highest BCUT2D eigenvalue weighted by atomic mass is 32.2. The lowest BCUT2D eigenvalue weighted by molar-refractivity contribution is 0.0952. The Morgan fingerprint density at radius 2 is 2.20 bits per heavy atom. The van der Waals surface area contributed by atoms with Crippen LogP contribution in [0, 0.1) is 0 Å². The fourth-order valence-electron chi connectivity index (χ4n) is 1.50. The fourth-order valence-corrected chi connectivity index (χ4v) is 3.17. The molecular weight excluding hydrogens is 294 g/mol. The van der Waals surface area contributed by atoms with E-state index in [9.17, 15) is 9.00 Å². The minimum absolute atomic E-state index is 0.198. The summed E-state index contributed by atoms with van der Waals surface area (Å²) in [5.41, 5.74) is 0.430. The first-order valence-electron chi connectivity index (χ1n) is 6.75. The molecule has 1 atom stereocenters. The highest BCUT2D eigenvalue weighted by Crippen LogP contribution is 2.26. The second-order valence-electron chi connectivity index (χ2n) is 5.87. The number of nitrogens with one attached hydrogen (secondary N) is 2. The molecule has 1 aromatic rings. The van der Waals surface area contributed by atoms with Gasteiger partial charge in [-0.05, 0) is 33.6 Å². The number of nitrogens with zero attached hydrogens (tertiary/aromatic N) is 1. The first kappa shape index (κ1) is 15.4.